The number of nitrogens with one attached hydrogen (secondary N) is 1. The molecule has 0 spiro atoms. The zero-order valence-corrected chi connectivity index (χ0v) is 12.9. The SMILES string of the molecule is CCc1noc2ncc(C(=O)N3CCNC[C@H]3C)cc12.Cl. The molecule has 0 unspecified atom stereocenters. The Morgan fingerprint density at radius 1 is 1.57 bits per heavy atom. The van der Waals surface area contributed by atoms with E-state index in [2.05, 4.69) is 15.5 Å². The van der Waals surface area contributed by atoms with E-state index in [1.165, 1.54) is 0 Å². The highest BCUT2D eigenvalue weighted by atomic mass is 35.5. The van der Waals surface area contributed by atoms with Crippen LogP contribution in [0, 0.1) is 0 Å². The monoisotopic (exact) mass is 310 g/mol. The Kier molecular flexibility index (Phi) is 4.80. The van der Waals surface area contributed by atoms with Gasteiger partial charge in [0.2, 0.25) is 0 Å². The number of pyridine rings is 1. The van der Waals surface area contributed by atoms with Gasteiger partial charge in [0.05, 0.1) is 16.6 Å². The van der Waals surface area contributed by atoms with E-state index in [1.807, 2.05) is 24.8 Å². The van der Waals surface area contributed by atoms with Crippen LogP contribution in [0.3, 0.4) is 0 Å². The summed E-state index contributed by atoms with van der Waals surface area (Å²) in [7, 11) is 0. The molecule has 0 aliphatic carbocycles. The summed E-state index contributed by atoms with van der Waals surface area (Å²) in [6, 6.07) is 2.04. The number of carbonyl (C=O) groups excluding carboxylic acids is 1. The maximum absolute atomic E-state index is 12.6. The molecular weight excluding hydrogens is 292 g/mol. The van der Waals surface area contributed by atoms with Gasteiger partial charge >= 0.3 is 0 Å². The third-order valence-corrected chi connectivity index (χ3v) is 3.75. The highest BCUT2D eigenvalue weighted by Crippen LogP contribution is 2.19. The first-order valence-corrected chi connectivity index (χ1v) is 6.96. The second kappa shape index (κ2) is 6.41. The van der Waals surface area contributed by atoms with Gasteiger partial charge in [-0.25, -0.2) is 4.98 Å². The molecule has 1 saturated heterocycles. The number of aryl methyl sites for hydroxylation is 1. The number of fused-ring (bicyclic) bond motifs is 1. The van der Waals surface area contributed by atoms with Crippen molar-refractivity contribution in [2.24, 2.45) is 0 Å². The number of aromatic nitrogens is 2. The first-order chi connectivity index (χ1) is 9.70. The standard InChI is InChI=1S/C14H18N4O2.ClH/c1-3-12-11-6-10(8-16-13(11)20-17-12)14(19)18-5-4-15-7-9(18)2;/h6,8-9,15H,3-5,7H2,1-2H3;1H/t9-;/m1./s1. The number of amides is 1. The summed E-state index contributed by atoms with van der Waals surface area (Å²) in [6.07, 6.45) is 2.33. The minimum Gasteiger partial charge on any atom is -0.336 e. The van der Waals surface area contributed by atoms with Gasteiger partial charge in [-0.3, -0.25) is 4.79 Å². The Bertz CT molecular complexity index is 643. The van der Waals surface area contributed by atoms with Gasteiger partial charge < -0.3 is 14.7 Å². The second-order valence-electron chi connectivity index (χ2n) is 5.11. The van der Waals surface area contributed by atoms with Gasteiger partial charge in [-0.2, -0.15) is 0 Å². The van der Waals surface area contributed by atoms with Crippen molar-refractivity contribution in [2.75, 3.05) is 19.6 Å². The smallest absolute Gasteiger partial charge is 0.257 e. The lowest BCUT2D eigenvalue weighted by molar-refractivity contribution is 0.0655. The van der Waals surface area contributed by atoms with Crippen LogP contribution in [0.1, 0.15) is 29.9 Å². The van der Waals surface area contributed by atoms with E-state index in [1.54, 1.807) is 6.20 Å². The molecule has 1 amide bonds. The molecule has 0 aromatic carbocycles. The third kappa shape index (κ3) is 2.87. The van der Waals surface area contributed by atoms with Gasteiger partial charge in [0.25, 0.3) is 11.6 Å². The predicted molar refractivity (Wildman–Crippen MR) is 81.8 cm³/mol. The van der Waals surface area contributed by atoms with Crippen LogP contribution in [-0.4, -0.2) is 46.6 Å². The molecule has 3 rings (SSSR count). The highest BCUT2D eigenvalue weighted by molar-refractivity contribution is 5.97. The van der Waals surface area contributed by atoms with Crippen LogP contribution < -0.4 is 5.32 Å². The molecule has 1 fully saturated rings. The molecule has 3 heterocycles. The van der Waals surface area contributed by atoms with Gasteiger partial charge in [0.15, 0.2) is 0 Å². The van der Waals surface area contributed by atoms with Gasteiger partial charge in [0.1, 0.15) is 0 Å². The Labute approximate surface area is 129 Å². The molecule has 6 nitrogen and oxygen atoms in total. The van der Waals surface area contributed by atoms with E-state index >= 15 is 0 Å². The molecule has 0 radical (unpaired) electrons. The van der Waals surface area contributed by atoms with Crippen LogP contribution in [0.4, 0.5) is 0 Å². The summed E-state index contributed by atoms with van der Waals surface area (Å²) in [4.78, 5) is 18.7. The van der Waals surface area contributed by atoms with Crippen molar-refractivity contribution in [1.29, 1.82) is 0 Å². The summed E-state index contributed by atoms with van der Waals surface area (Å²) < 4.78 is 5.15. The van der Waals surface area contributed by atoms with Crippen molar-refractivity contribution >= 4 is 29.4 Å². The van der Waals surface area contributed by atoms with Crippen molar-refractivity contribution in [1.82, 2.24) is 20.4 Å². The Morgan fingerprint density at radius 2 is 2.38 bits per heavy atom. The normalized spacial score (nSPS) is 18.6. The Balaban J connectivity index is 0.00000161. The van der Waals surface area contributed by atoms with Crippen molar-refractivity contribution in [3.05, 3.63) is 23.5 Å². The van der Waals surface area contributed by atoms with E-state index in [4.69, 9.17) is 4.52 Å². The molecule has 7 heteroatoms. The number of rotatable bonds is 2. The van der Waals surface area contributed by atoms with Crippen molar-refractivity contribution in [3.8, 4) is 0 Å². The fourth-order valence-electron chi connectivity index (χ4n) is 2.56. The van der Waals surface area contributed by atoms with Crippen LogP contribution in [0.5, 0.6) is 0 Å². The molecule has 1 aliphatic rings. The molecule has 1 N–H and O–H groups in total. The molecule has 0 saturated carbocycles. The van der Waals surface area contributed by atoms with Gasteiger partial charge in [-0.1, -0.05) is 12.1 Å². The van der Waals surface area contributed by atoms with E-state index in [0.29, 0.717) is 11.3 Å². The topological polar surface area (TPSA) is 71.3 Å². The number of piperazine rings is 1. The van der Waals surface area contributed by atoms with Crippen molar-refractivity contribution in [3.63, 3.8) is 0 Å². The zero-order valence-electron chi connectivity index (χ0n) is 12.1. The van der Waals surface area contributed by atoms with Gasteiger partial charge in [-0.05, 0) is 19.4 Å². The van der Waals surface area contributed by atoms with Crippen LogP contribution in [0.2, 0.25) is 0 Å². The van der Waals surface area contributed by atoms with Gasteiger partial charge in [-0.15, -0.1) is 12.4 Å². The van der Waals surface area contributed by atoms with E-state index in [9.17, 15) is 4.79 Å². The minimum absolute atomic E-state index is 0. The minimum atomic E-state index is 0. The summed E-state index contributed by atoms with van der Waals surface area (Å²) in [5.74, 6) is 0.0247. The number of hydrogen-bond donors (Lipinski definition) is 1. The molecule has 1 atom stereocenters. The van der Waals surface area contributed by atoms with Crippen LogP contribution in [-0.2, 0) is 6.42 Å². The van der Waals surface area contributed by atoms with Crippen molar-refractivity contribution in [2.45, 2.75) is 26.3 Å². The average Bonchev–Trinajstić information content (AvgIpc) is 2.89. The summed E-state index contributed by atoms with van der Waals surface area (Å²) in [6.45, 7) is 6.44. The molecule has 114 valence electrons. The maximum Gasteiger partial charge on any atom is 0.257 e. The van der Waals surface area contributed by atoms with E-state index < -0.39 is 0 Å². The highest BCUT2D eigenvalue weighted by Gasteiger charge is 2.25. The molecule has 2 aromatic rings. The molecule has 2 aromatic heterocycles. The molecule has 1 aliphatic heterocycles. The van der Waals surface area contributed by atoms with E-state index in [0.717, 1.165) is 37.1 Å². The lowest BCUT2D eigenvalue weighted by atomic mass is 10.1. The van der Waals surface area contributed by atoms with Crippen LogP contribution in [0.15, 0.2) is 16.8 Å². The third-order valence-electron chi connectivity index (χ3n) is 3.75. The van der Waals surface area contributed by atoms with Crippen LogP contribution in [0.25, 0.3) is 11.1 Å². The predicted octanol–water partition coefficient (Wildman–Crippen LogP) is 1.64. The lowest BCUT2D eigenvalue weighted by Gasteiger charge is -2.33. The number of hydrogen-bond acceptors (Lipinski definition) is 5. The molecule has 0 bridgehead atoms. The first kappa shape index (κ1) is 15.7. The number of carbonyl (C=O) groups is 1. The average molecular weight is 311 g/mol. The fourth-order valence-corrected chi connectivity index (χ4v) is 2.56. The number of halogens is 1. The summed E-state index contributed by atoms with van der Waals surface area (Å²) in [5.41, 5.74) is 1.94. The van der Waals surface area contributed by atoms with Gasteiger partial charge in [0, 0.05) is 31.9 Å². The summed E-state index contributed by atoms with van der Waals surface area (Å²) in [5, 5.41) is 8.08. The maximum atomic E-state index is 12.6. The van der Waals surface area contributed by atoms with E-state index in [-0.39, 0.29) is 24.4 Å². The van der Waals surface area contributed by atoms with Crippen molar-refractivity contribution < 1.29 is 9.32 Å². The lowest BCUT2D eigenvalue weighted by Crippen LogP contribution is -2.52. The largest absolute Gasteiger partial charge is 0.336 e. The fraction of sp³-hybridized carbons (Fsp3) is 0.500. The first-order valence-electron chi connectivity index (χ1n) is 6.96. The molecular formula is C14H19ClN4O2. The second-order valence-corrected chi connectivity index (χ2v) is 5.11. The quantitative estimate of drug-likeness (QED) is 0.913. The Hall–Kier alpha value is -1.66. The Morgan fingerprint density at radius 3 is 3.10 bits per heavy atom. The zero-order chi connectivity index (χ0) is 14.1. The van der Waals surface area contributed by atoms with Crippen LogP contribution >= 0.6 is 12.4 Å². The number of nitrogens with zero attached hydrogens (tertiary/aromatic N) is 3. The summed E-state index contributed by atoms with van der Waals surface area (Å²) >= 11 is 0. The molecule has 21 heavy (non-hydrogen) atoms.